The molecule has 0 bridgehead atoms. The number of hydrogen-bond donors (Lipinski definition) is 0. The first-order valence-corrected chi connectivity index (χ1v) is 3.95. The van der Waals surface area contributed by atoms with Gasteiger partial charge in [0.05, 0.1) is 0 Å². The summed E-state index contributed by atoms with van der Waals surface area (Å²) in [5.41, 5.74) is 0.811. The van der Waals surface area contributed by atoms with Crippen molar-refractivity contribution in [3.63, 3.8) is 0 Å². The average Bonchev–Trinajstić information content (AvgIpc) is 1.91. The van der Waals surface area contributed by atoms with Crippen molar-refractivity contribution in [2.45, 2.75) is 33.3 Å². The zero-order valence-corrected chi connectivity index (χ0v) is 7.96. The minimum Gasteiger partial charge on any atom is -0.458 e. The molecule has 0 aromatic carbocycles. The van der Waals surface area contributed by atoms with Gasteiger partial charge in [0.2, 0.25) is 0 Å². The highest BCUT2D eigenvalue weighted by molar-refractivity contribution is 5.05. The molecule has 0 spiro atoms. The van der Waals surface area contributed by atoms with Crippen LogP contribution in [0.4, 0.5) is 0 Å². The maximum Gasteiger partial charge on any atom is 0.316 e. The number of nitrogens with zero attached hydrogens (tertiary/aromatic N) is 2. The molecule has 0 aliphatic heterocycles. The fraction of sp³-hybridized carbons (Fsp3) is 0.556. The van der Waals surface area contributed by atoms with Gasteiger partial charge in [-0.2, -0.15) is 0 Å². The van der Waals surface area contributed by atoms with Gasteiger partial charge in [0.15, 0.2) is 0 Å². The summed E-state index contributed by atoms with van der Waals surface area (Å²) in [5.74, 6) is 0. The molecule has 0 saturated carbocycles. The molecule has 1 aromatic heterocycles. The third-order valence-corrected chi connectivity index (χ3v) is 1.15. The summed E-state index contributed by atoms with van der Waals surface area (Å²) in [6, 6.07) is 0.438. The molecule has 0 aliphatic carbocycles. The summed E-state index contributed by atoms with van der Waals surface area (Å²) in [4.78, 5) is 8.06. The summed E-state index contributed by atoms with van der Waals surface area (Å²) >= 11 is 0. The molecule has 3 nitrogen and oxygen atoms in total. The number of hydrogen-bond acceptors (Lipinski definition) is 3. The monoisotopic (exact) mass is 166 g/mol. The molecule has 0 atom stereocenters. The van der Waals surface area contributed by atoms with Gasteiger partial charge in [-0.25, -0.2) is 9.97 Å². The first-order valence-electron chi connectivity index (χ1n) is 3.95. The van der Waals surface area contributed by atoms with Gasteiger partial charge >= 0.3 is 6.01 Å². The maximum absolute atomic E-state index is 5.43. The van der Waals surface area contributed by atoms with Crippen LogP contribution in [0.2, 0.25) is 0 Å². The third-order valence-electron chi connectivity index (χ3n) is 1.15. The lowest BCUT2D eigenvalue weighted by Gasteiger charge is -2.18. The Hall–Kier alpha value is -1.12. The summed E-state index contributed by atoms with van der Waals surface area (Å²) in [7, 11) is 0. The highest BCUT2D eigenvalue weighted by atomic mass is 16.5. The molecule has 1 rings (SSSR count). The summed E-state index contributed by atoms with van der Waals surface area (Å²) in [6.45, 7) is 7.85. The lowest BCUT2D eigenvalue weighted by Crippen LogP contribution is -2.24. The van der Waals surface area contributed by atoms with Crippen LogP contribution >= 0.6 is 0 Å². The summed E-state index contributed by atoms with van der Waals surface area (Å²) < 4.78 is 5.43. The Bertz CT molecular complexity index is 248. The maximum atomic E-state index is 5.43. The predicted octanol–water partition coefficient (Wildman–Crippen LogP) is 1.96. The van der Waals surface area contributed by atoms with E-state index in [2.05, 4.69) is 9.97 Å². The minimum atomic E-state index is -0.227. The number of aromatic nitrogens is 2. The molecule has 0 amide bonds. The topological polar surface area (TPSA) is 35.0 Å². The smallest absolute Gasteiger partial charge is 0.316 e. The quantitative estimate of drug-likeness (QED) is 0.639. The molecule has 12 heavy (non-hydrogen) atoms. The van der Waals surface area contributed by atoms with E-state index in [9.17, 15) is 0 Å². The zero-order valence-electron chi connectivity index (χ0n) is 7.96. The van der Waals surface area contributed by atoms with Gasteiger partial charge in [-0.05, 0) is 33.3 Å². The lowest BCUT2D eigenvalue weighted by atomic mass is 10.2. The Morgan fingerprint density at radius 1 is 1.17 bits per heavy atom. The van der Waals surface area contributed by atoms with E-state index in [1.54, 1.807) is 12.4 Å². The van der Waals surface area contributed by atoms with Crippen LogP contribution in [0, 0.1) is 6.92 Å². The Morgan fingerprint density at radius 2 is 1.67 bits per heavy atom. The molecule has 3 heteroatoms. The van der Waals surface area contributed by atoms with Gasteiger partial charge in [0.1, 0.15) is 5.60 Å². The van der Waals surface area contributed by atoms with Gasteiger partial charge in [0.25, 0.3) is 0 Å². The number of rotatable bonds is 1. The van der Waals surface area contributed by atoms with Gasteiger partial charge in [-0.15, -0.1) is 0 Å². The Morgan fingerprint density at radius 3 is 2.08 bits per heavy atom. The van der Waals surface area contributed by atoms with Crippen LogP contribution in [0.3, 0.4) is 0 Å². The van der Waals surface area contributed by atoms with Crippen LogP contribution in [0.5, 0.6) is 6.01 Å². The predicted molar refractivity (Wildman–Crippen MR) is 47.2 cm³/mol. The molecule has 0 fully saturated rings. The van der Waals surface area contributed by atoms with Crippen molar-refractivity contribution in [2.24, 2.45) is 0 Å². The van der Waals surface area contributed by atoms with Crippen LogP contribution in [0.1, 0.15) is 26.3 Å². The molecule has 0 unspecified atom stereocenters. The Balaban J connectivity index is 2.71. The van der Waals surface area contributed by atoms with Gasteiger partial charge in [-0.3, -0.25) is 0 Å². The highest BCUT2D eigenvalue weighted by Gasteiger charge is 2.12. The van der Waals surface area contributed by atoms with Crippen molar-refractivity contribution in [3.05, 3.63) is 18.0 Å². The first kappa shape index (κ1) is 8.97. The Labute approximate surface area is 72.8 Å². The Kier molecular flexibility index (Phi) is 2.31. The number of ether oxygens (including phenoxy) is 1. The van der Waals surface area contributed by atoms with Crippen LogP contribution in [0.25, 0.3) is 0 Å². The standard InChI is InChI=1S/C9H14N2O/c1-7-5-10-8(11-6-7)12-9(2,3)4/h5-6H,1-4H3. The van der Waals surface area contributed by atoms with E-state index >= 15 is 0 Å². The fourth-order valence-electron chi connectivity index (χ4n) is 0.707. The van der Waals surface area contributed by atoms with E-state index in [1.807, 2.05) is 27.7 Å². The molecule has 1 aromatic rings. The number of aryl methyl sites for hydroxylation is 1. The molecule has 0 aliphatic rings. The minimum absolute atomic E-state index is 0.227. The van der Waals surface area contributed by atoms with Gasteiger partial charge < -0.3 is 4.74 Å². The normalized spacial score (nSPS) is 11.3. The first-order chi connectivity index (χ1) is 5.47. The molecular formula is C9H14N2O. The fourth-order valence-corrected chi connectivity index (χ4v) is 0.707. The molecule has 1 heterocycles. The van der Waals surface area contributed by atoms with E-state index in [4.69, 9.17) is 4.74 Å². The van der Waals surface area contributed by atoms with Crippen LogP contribution in [-0.4, -0.2) is 15.6 Å². The van der Waals surface area contributed by atoms with E-state index < -0.39 is 0 Å². The molecule has 0 N–H and O–H groups in total. The van der Waals surface area contributed by atoms with Crippen LogP contribution < -0.4 is 4.74 Å². The van der Waals surface area contributed by atoms with E-state index in [-0.39, 0.29) is 5.60 Å². The molecule has 66 valence electrons. The van der Waals surface area contributed by atoms with E-state index in [0.29, 0.717) is 6.01 Å². The van der Waals surface area contributed by atoms with Crippen molar-refractivity contribution < 1.29 is 4.74 Å². The lowest BCUT2D eigenvalue weighted by molar-refractivity contribution is 0.116. The van der Waals surface area contributed by atoms with Gasteiger partial charge in [0, 0.05) is 12.4 Å². The summed E-state index contributed by atoms with van der Waals surface area (Å²) in [5, 5.41) is 0. The van der Waals surface area contributed by atoms with Crippen molar-refractivity contribution in [3.8, 4) is 6.01 Å². The van der Waals surface area contributed by atoms with Crippen LogP contribution in [-0.2, 0) is 0 Å². The molecular weight excluding hydrogens is 152 g/mol. The SMILES string of the molecule is Cc1cnc(OC(C)(C)C)nc1. The average molecular weight is 166 g/mol. The van der Waals surface area contributed by atoms with E-state index in [1.165, 1.54) is 0 Å². The second-order valence-corrected chi connectivity index (χ2v) is 3.76. The zero-order chi connectivity index (χ0) is 9.19. The van der Waals surface area contributed by atoms with Crippen molar-refractivity contribution in [1.82, 2.24) is 9.97 Å². The van der Waals surface area contributed by atoms with Crippen molar-refractivity contribution in [1.29, 1.82) is 0 Å². The second-order valence-electron chi connectivity index (χ2n) is 3.76. The molecule has 0 saturated heterocycles. The van der Waals surface area contributed by atoms with Crippen LogP contribution in [0.15, 0.2) is 12.4 Å². The van der Waals surface area contributed by atoms with Crippen molar-refractivity contribution in [2.75, 3.05) is 0 Å². The molecule has 0 radical (unpaired) electrons. The van der Waals surface area contributed by atoms with Crippen molar-refractivity contribution >= 4 is 0 Å². The third kappa shape index (κ3) is 2.86. The van der Waals surface area contributed by atoms with Gasteiger partial charge in [-0.1, -0.05) is 0 Å². The highest BCUT2D eigenvalue weighted by Crippen LogP contribution is 2.11. The second kappa shape index (κ2) is 3.09. The largest absolute Gasteiger partial charge is 0.458 e. The van der Waals surface area contributed by atoms with E-state index in [0.717, 1.165) is 5.56 Å². The summed E-state index contributed by atoms with van der Waals surface area (Å²) in [6.07, 6.45) is 3.49.